The number of likely N-dealkylation sites (tertiary alicyclic amines) is 1. The van der Waals surface area contributed by atoms with Crippen molar-refractivity contribution in [1.29, 1.82) is 0 Å². The first-order valence-corrected chi connectivity index (χ1v) is 10.8. The molecule has 0 spiro atoms. The minimum atomic E-state index is -0.280. The molecule has 0 saturated carbocycles. The molecule has 1 amide bonds. The lowest BCUT2D eigenvalue weighted by Crippen LogP contribution is -2.55. The molecule has 1 aliphatic heterocycles. The second-order valence-corrected chi connectivity index (χ2v) is 7.99. The molecule has 11 nitrogen and oxygen atoms in total. The average molecular weight is 483 g/mol. The number of hydrogen-bond donors (Lipinski definition) is 4. The molecule has 0 aliphatic carbocycles. The van der Waals surface area contributed by atoms with Gasteiger partial charge in [0.1, 0.15) is 5.75 Å². The van der Waals surface area contributed by atoms with Gasteiger partial charge in [0.05, 0.1) is 35.5 Å². The number of nitrogens with one attached hydrogen (secondary N) is 3. The van der Waals surface area contributed by atoms with E-state index >= 15 is 0 Å². The van der Waals surface area contributed by atoms with Crippen molar-refractivity contribution < 1.29 is 19.7 Å². The van der Waals surface area contributed by atoms with Crippen LogP contribution in [0.25, 0.3) is 0 Å². The first-order chi connectivity index (χ1) is 15.4. The predicted octanol–water partition coefficient (Wildman–Crippen LogP) is 0.511. The molecule has 182 valence electrons. The Balaban J connectivity index is 0.00000385. The van der Waals surface area contributed by atoms with Crippen LogP contribution in [0.15, 0.2) is 29.2 Å². The second kappa shape index (κ2) is 12.4. The van der Waals surface area contributed by atoms with E-state index < -0.39 is 0 Å². The maximum absolute atomic E-state index is 12.9. The summed E-state index contributed by atoms with van der Waals surface area (Å²) < 4.78 is 10.9. The normalized spacial score (nSPS) is 18.3. The van der Waals surface area contributed by atoms with Gasteiger partial charge >= 0.3 is 0 Å². The van der Waals surface area contributed by atoms with E-state index in [9.17, 15) is 9.59 Å². The van der Waals surface area contributed by atoms with Crippen molar-refractivity contribution in [2.45, 2.75) is 25.0 Å². The summed E-state index contributed by atoms with van der Waals surface area (Å²) in [7, 11) is 3.13. The van der Waals surface area contributed by atoms with Crippen molar-refractivity contribution in [1.82, 2.24) is 20.2 Å². The summed E-state index contributed by atoms with van der Waals surface area (Å²) in [5.41, 5.74) is 6.31. The number of rotatable bonds is 9. The van der Waals surface area contributed by atoms with Gasteiger partial charge in [-0.2, -0.15) is 0 Å². The van der Waals surface area contributed by atoms with Crippen molar-refractivity contribution in [3.8, 4) is 5.75 Å². The third kappa shape index (κ3) is 7.06. The number of nitrogen functional groups attached to an aromatic ring is 1. The molecule has 1 aromatic carbocycles. The summed E-state index contributed by atoms with van der Waals surface area (Å²) in [6.45, 7) is 3.05. The number of H-pyrrole nitrogens is 1. The summed E-state index contributed by atoms with van der Waals surface area (Å²) in [5.74, 6) is 0.558. The van der Waals surface area contributed by atoms with E-state index in [1.807, 2.05) is 0 Å². The van der Waals surface area contributed by atoms with Crippen LogP contribution in [0.3, 0.4) is 0 Å². The molecule has 1 aliphatic rings. The van der Waals surface area contributed by atoms with Crippen LogP contribution in [0, 0.1) is 0 Å². The molecule has 1 saturated heterocycles. The SMILES string of the molecule is COc1cc(N)c(Cl)cc1C(=O)NC1CCN(CCCNc2nccc(=O)[nH]2)CC1OC.O. The molecule has 1 aromatic heterocycles. The lowest BCUT2D eigenvalue weighted by molar-refractivity contribution is 0.00637. The molecule has 12 heteroatoms. The molecule has 1 fully saturated rings. The Morgan fingerprint density at radius 3 is 2.88 bits per heavy atom. The monoisotopic (exact) mass is 482 g/mol. The number of methoxy groups -OCH3 is 2. The topological polar surface area (TPSA) is 166 Å². The highest BCUT2D eigenvalue weighted by atomic mass is 35.5. The van der Waals surface area contributed by atoms with E-state index in [4.69, 9.17) is 26.8 Å². The molecule has 2 atom stereocenters. The minimum absolute atomic E-state index is 0. The molecule has 2 unspecified atom stereocenters. The van der Waals surface area contributed by atoms with Gasteiger partial charge in [-0.25, -0.2) is 4.98 Å². The largest absolute Gasteiger partial charge is 0.496 e. The molecule has 7 N–H and O–H groups in total. The van der Waals surface area contributed by atoms with Gasteiger partial charge in [-0.05, 0) is 25.5 Å². The van der Waals surface area contributed by atoms with Crippen LogP contribution >= 0.6 is 11.6 Å². The summed E-state index contributed by atoms with van der Waals surface area (Å²) in [4.78, 5) is 33.2. The zero-order chi connectivity index (χ0) is 23.1. The standard InChI is InChI=1S/C21H29ClN6O4.H2O/c1-31-17-11-15(23)14(22)10-13(17)20(30)26-16-5-9-28(12-18(16)32-2)8-3-6-24-21-25-7-4-19(29)27-21;/h4,7,10-11,16,18H,3,5-6,8-9,12,23H2,1-2H3,(H,26,30)(H2,24,25,27,29);1H2. The Labute approximate surface area is 196 Å². The van der Waals surface area contributed by atoms with E-state index in [1.165, 1.54) is 25.4 Å². The highest BCUT2D eigenvalue weighted by Crippen LogP contribution is 2.29. The predicted molar refractivity (Wildman–Crippen MR) is 127 cm³/mol. The Bertz CT molecular complexity index is 988. The van der Waals surface area contributed by atoms with Gasteiger partial charge in [0.2, 0.25) is 5.95 Å². The fraction of sp³-hybridized carbons (Fsp3) is 0.476. The number of benzene rings is 1. The van der Waals surface area contributed by atoms with Crippen LogP contribution in [0.4, 0.5) is 11.6 Å². The fourth-order valence-electron chi connectivity index (χ4n) is 3.72. The van der Waals surface area contributed by atoms with E-state index in [1.54, 1.807) is 13.2 Å². The van der Waals surface area contributed by atoms with Gasteiger partial charge in [-0.1, -0.05) is 11.6 Å². The zero-order valence-electron chi connectivity index (χ0n) is 18.7. The third-order valence-electron chi connectivity index (χ3n) is 5.44. The summed E-state index contributed by atoms with van der Waals surface area (Å²) in [5, 5.41) is 6.46. The summed E-state index contributed by atoms with van der Waals surface area (Å²) >= 11 is 6.09. The number of piperidine rings is 1. The molecule has 0 bridgehead atoms. The third-order valence-corrected chi connectivity index (χ3v) is 5.77. The number of halogens is 1. The lowest BCUT2D eigenvalue weighted by Gasteiger charge is -2.38. The van der Waals surface area contributed by atoms with E-state index in [0.29, 0.717) is 41.1 Å². The Kier molecular flexibility index (Phi) is 9.92. The highest BCUT2D eigenvalue weighted by Gasteiger charge is 2.31. The van der Waals surface area contributed by atoms with Crippen molar-refractivity contribution >= 4 is 29.1 Å². The van der Waals surface area contributed by atoms with Crippen LogP contribution in [0.5, 0.6) is 5.75 Å². The van der Waals surface area contributed by atoms with Crippen LogP contribution in [-0.2, 0) is 4.74 Å². The van der Waals surface area contributed by atoms with Crippen molar-refractivity contribution in [3.63, 3.8) is 0 Å². The zero-order valence-corrected chi connectivity index (χ0v) is 19.4. The average Bonchev–Trinajstić information content (AvgIpc) is 2.79. The van der Waals surface area contributed by atoms with Gasteiger partial charge in [0, 0.05) is 45.1 Å². The van der Waals surface area contributed by atoms with Gasteiger partial charge in [0.25, 0.3) is 11.5 Å². The maximum Gasteiger partial charge on any atom is 0.255 e. The number of aromatic amines is 1. The van der Waals surface area contributed by atoms with E-state index in [0.717, 1.165) is 25.9 Å². The molecular formula is C21H31ClN6O5. The summed E-state index contributed by atoms with van der Waals surface area (Å²) in [6.07, 6.45) is 2.93. The summed E-state index contributed by atoms with van der Waals surface area (Å²) in [6, 6.07) is 4.30. The van der Waals surface area contributed by atoms with Gasteiger partial charge in [-0.15, -0.1) is 0 Å². The lowest BCUT2D eigenvalue weighted by atomic mass is 10.0. The quantitative estimate of drug-likeness (QED) is 0.296. The molecule has 0 radical (unpaired) electrons. The van der Waals surface area contributed by atoms with Crippen molar-refractivity contribution in [3.05, 3.63) is 45.3 Å². The number of hydrogen-bond acceptors (Lipinski definition) is 8. The van der Waals surface area contributed by atoms with Gasteiger partial charge in [0.15, 0.2) is 0 Å². The molecule has 2 aromatic rings. The first kappa shape index (κ1) is 26.4. The maximum atomic E-state index is 12.9. The number of nitrogens with two attached hydrogens (primary N) is 1. The number of aromatic nitrogens is 2. The number of nitrogens with zero attached hydrogens (tertiary/aromatic N) is 2. The fourth-order valence-corrected chi connectivity index (χ4v) is 3.88. The Morgan fingerprint density at radius 2 is 2.18 bits per heavy atom. The van der Waals surface area contributed by atoms with Crippen LogP contribution < -0.4 is 26.7 Å². The molecule has 3 rings (SSSR count). The van der Waals surface area contributed by atoms with Crippen LogP contribution in [0.1, 0.15) is 23.2 Å². The molecule has 2 heterocycles. The Hall–Kier alpha value is -2.86. The van der Waals surface area contributed by atoms with Crippen LogP contribution in [-0.4, -0.2) is 78.8 Å². The molecular weight excluding hydrogens is 452 g/mol. The van der Waals surface area contributed by atoms with Gasteiger partial charge in [-0.3, -0.25) is 14.6 Å². The Morgan fingerprint density at radius 1 is 1.39 bits per heavy atom. The van der Waals surface area contributed by atoms with E-state index in [2.05, 4.69) is 25.5 Å². The van der Waals surface area contributed by atoms with Crippen molar-refractivity contribution in [2.75, 3.05) is 51.4 Å². The molecule has 33 heavy (non-hydrogen) atoms. The number of ether oxygens (including phenoxy) is 2. The van der Waals surface area contributed by atoms with Gasteiger partial charge < -0.3 is 36.2 Å². The van der Waals surface area contributed by atoms with Crippen LogP contribution in [0.2, 0.25) is 5.02 Å². The smallest absolute Gasteiger partial charge is 0.255 e. The van der Waals surface area contributed by atoms with Crippen molar-refractivity contribution in [2.24, 2.45) is 0 Å². The first-order valence-electron chi connectivity index (χ1n) is 10.4. The second-order valence-electron chi connectivity index (χ2n) is 7.58. The number of carbonyl (C=O) groups is 1. The van der Waals surface area contributed by atoms with E-state index in [-0.39, 0.29) is 29.1 Å². The number of amides is 1. The highest BCUT2D eigenvalue weighted by molar-refractivity contribution is 6.33. The number of carbonyl (C=O) groups excluding carboxylic acids is 1. The number of anilines is 2. The minimum Gasteiger partial charge on any atom is -0.496 e.